The highest BCUT2D eigenvalue weighted by Gasteiger charge is 2.00. The first-order valence-electron chi connectivity index (χ1n) is 4.31. The molecule has 0 saturated heterocycles. The SMILES string of the molecule is CC/C(C=O)=C/c1ccc(O)c(F)c1. The molecule has 14 heavy (non-hydrogen) atoms. The minimum absolute atomic E-state index is 0.383. The number of halogens is 1. The van der Waals surface area contributed by atoms with E-state index in [0.29, 0.717) is 17.6 Å². The van der Waals surface area contributed by atoms with E-state index in [-0.39, 0.29) is 5.75 Å². The van der Waals surface area contributed by atoms with Crippen LogP contribution >= 0.6 is 0 Å². The van der Waals surface area contributed by atoms with Crippen molar-refractivity contribution in [3.05, 3.63) is 35.2 Å². The molecule has 3 heteroatoms. The molecule has 1 N–H and O–H groups in total. The second-order valence-electron chi connectivity index (χ2n) is 2.90. The molecule has 0 radical (unpaired) electrons. The van der Waals surface area contributed by atoms with E-state index in [0.717, 1.165) is 6.29 Å². The predicted molar refractivity (Wildman–Crippen MR) is 52.4 cm³/mol. The zero-order chi connectivity index (χ0) is 10.6. The minimum atomic E-state index is -0.680. The highest BCUT2D eigenvalue weighted by atomic mass is 19.1. The Balaban J connectivity index is 3.03. The molecule has 0 spiro atoms. The van der Waals surface area contributed by atoms with Gasteiger partial charge in [0.25, 0.3) is 0 Å². The summed E-state index contributed by atoms with van der Waals surface area (Å²) in [5.74, 6) is -1.06. The molecule has 0 aliphatic heterocycles. The van der Waals surface area contributed by atoms with Gasteiger partial charge < -0.3 is 5.11 Å². The van der Waals surface area contributed by atoms with Gasteiger partial charge in [0, 0.05) is 0 Å². The van der Waals surface area contributed by atoms with Crippen molar-refractivity contribution in [1.29, 1.82) is 0 Å². The number of allylic oxidation sites excluding steroid dienone is 1. The van der Waals surface area contributed by atoms with Crippen LogP contribution in [0.5, 0.6) is 5.75 Å². The van der Waals surface area contributed by atoms with Crippen LogP contribution in [0.4, 0.5) is 4.39 Å². The summed E-state index contributed by atoms with van der Waals surface area (Å²) in [7, 11) is 0. The van der Waals surface area contributed by atoms with E-state index in [9.17, 15) is 9.18 Å². The fraction of sp³-hybridized carbons (Fsp3) is 0.182. The third-order valence-corrected chi connectivity index (χ3v) is 1.88. The van der Waals surface area contributed by atoms with Gasteiger partial charge in [-0.1, -0.05) is 13.0 Å². The molecule has 0 unspecified atom stereocenters. The van der Waals surface area contributed by atoms with E-state index in [4.69, 9.17) is 5.11 Å². The summed E-state index contributed by atoms with van der Waals surface area (Å²) in [6.07, 6.45) is 2.94. The number of phenols is 1. The van der Waals surface area contributed by atoms with Crippen LogP contribution in [0.3, 0.4) is 0 Å². The first-order chi connectivity index (χ1) is 6.67. The third-order valence-electron chi connectivity index (χ3n) is 1.88. The molecule has 0 aliphatic carbocycles. The predicted octanol–water partition coefficient (Wildman–Crippen LogP) is 2.52. The van der Waals surface area contributed by atoms with Crippen LogP contribution in [0.1, 0.15) is 18.9 Å². The van der Waals surface area contributed by atoms with Gasteiger partial charge in [-0.2, -0.15) is 0 Å². The van der Waals surface area contributed by atoms with Gasteiger partial charge in [0.05, 0.1) is 0 Å². The van der Waals surface area contributed by atoms with E-state index in [1.165, 1.54) is 12.1 Å². The van der Waals surface area contributed by atoms with Gasteiger partial charge in [0.15, 0.2) is 11.6 Å². The normalized spacial score (nSPS) is 11.4. The Morgan fingerprint density at radius 1 is 1.57 bits per heavy atom. The van der Waals surface area contributed by atoms with Crippen LogP contribution < -0.4 is 0 Å². The number of rotatable bonds is 3. The number of aldehydes is 1. The minimum Gasteiger partial charge on any atom is -0.505 e. The maximum Gasteiger partial charge on any atom is 0.165 e. The Bertz CT molecular complexity index is 370. The van der Waals surface area contributed by atoms with Crippen LogP contribution in [0.25, 0.3) is 6.08 Å². The number of benzene rings is 1. The Labute approximate surface area is 81.7 Å². The zero-order valence-electron chi connectivity index (χ0n) is 7.83. The lowest BCUT2D eigenvalue weighted by Crippen LogP contribution is -1.84. The van der Waals surface area contributed by atoms with E-state index >= 15 is 0 Å². The van der Waals surface area contributed by atoms with Gasteiger partial charge in [-0.25, -0.2) is 4.39 Å². The molecule has 74 valence electrons. The van der Waals surface area contributed by atoms with Crippen LogP contribution in [-0.4, -0.2) is 11.4 Å². The first-order valence-corrected chi connectivity index (χ1v) is 4.31. The average molecular weight is 194 g/mol. The highest BCUT2D eigenvalue weighted by molar-refractivity contribution is 5.81. The first kappa shape index (κ1) is 10.4. The van der Waals surface area contributed by atoms with Gasteiger partial charge in [0.2, 0.25) is 0 Å². The molecule has 0 saturated carbocycles. The van der Waals surface area contributed by atoms with Crippen molar-refractivity contribution < 1.29 is 14.3 Å². The molecule has 0 aromatic heterocycles. The van der Waals surface area contributed by atoms with Crippen LogP contribution in [0, 0.1) is 5.82 Å². The van der Waals surface area contributed by atoms with E-state index in [2.05, 4.69) is 0 Å². The monoisotopic (exact) mass is 194 g/mol. The molecule has 0 atom stereocenters. The third kappa shape index (κ3) is 2.42. The van der Waals surface area contributed by atoms with Crippen molar-refractivity contribution in [1.82, 2.24) is 0 Å². The van der Waals surface area contributed by atoms with Crippen molar-refractivity contribution in [3.63, 3.8) is 0 Å². The van der Waals surface area contributed by atoms with Crippen molar-refractivity contribution >= 4 is 12.4 Å². The topological polar surface area (TPSA) is 37.3 Å². The van der Waals surface area contributed by atoms with Crippen molar-refractivity contribution in [2.24, 2.45) is 0 Å². The van der Waals surface area contributed by atoms with Gasteiger partial charge in [0.1, 0.15) is 6.29 Å². The maximum atomic E-state index is 12.9. The summed E-state index contributed by atoms with van der Waals surface area (Å²) >= 11 is 0. The lowest BCUT2D eigenvalue weighted by Gasteiger charge is -1.98. The Morgan fingerprint density at radius 2 is 2.29 bits per heavy atom. The molecule has 1 aromatic rings. The fourth-order valence-corrected chi connectivity index (χ4v) is 1.05. The molecular weight excluding hydrogens is 183 g/mol. The zero-order valence-corrected chi connectivity index (χ0v) is 7.83. The van der Waals surface area contributed by atoms with Crippen molar-refractivity contribution in [2.75, 3.05) is 0 Å². The van der Waals surface area contributed by atoms with Crippen LogP contribution in [0.2, 0.25) is 0 Å². The Morgan fingerprint density at radius 3 is 2.79 bits per heavy atom. The lowest BCUT2D eigenvalue weighted by molar-refractivity contribution is -0.104. The van der Waals surface area contributed by atoms with Gasteiger partial charge in [-0.3, -0.25) is 4.79 Å². The van der Waals surface area contributed by atoms with E-state index in [1.54, 1.807) is 12.1 Å². The molecule has 1 rings (SSSR count). The second kappa shape index (κ2) is 4.56. The maximum absolute atomic E-state index is 12.9. The summed E-state index contributed by atoms with van der Waals surface area (Å²) in [5, 5.41) is 8.93. The largest absolute Gasteiger partial charge is 0.505 e. The molecule has 0 aliphatic rings. The smallest absolute Gasteiger partial charge is 0.165 e. The molecule has 1 aromatic carbocycles. The number of phenolic OH excluding ortho intramolecular Hbond substituents is 1. The summed E-state index contributed by atoms with van der Waals surface area (Å²) in [4.78, 5) is 10.5. The summed E-state index contributed by atoms with van der Waals surface area (Å²) in [6, 6.07) is 4.01. The van der Waals surface area contributed by atoms with Crippen molar-refractivity contribution in [2.45, 2.75) is 13.3 Å². The van der Waals surface area contributed by atoms with Gasteiger partial charge in [-0.15, -0.1) is 0 Å². The fourth-order valence-electron chi connectivity index (χ4n) is 1.05. The molecule has 0 amide bonds. The van der Waals surface area contributed by atoms with E-state index in [1.807, 2.05) is 6.92 Å². The van der Waals surface area contributed by atoms with Crippen molar-refractivity contribution in [3.8, 4) is 5.75 Å². The van der Waals surface area contributed by atoms with Crippen LogP contribution in [-0.2, 0) is 4.79 Å². The molecule has 0 heterocycles. The Kier molecular flexibility index (Phi) is 3.40. The molecular formula is C11H11FO2. The molecule has 0 bridgehead atoms. The number of hydrogen-bond donors (Lipinski definition) is 1. The lowest BCUT2D eigenvalue weighted by atomic mass is 10.1. The number of aromatic hydroxyl groups is 1. The quantitative estimate of drug-likeness (QED) is 0.593. The second-order valence-corrected chi connectivity index (χ2v) is 2.90. The summed E-state index contributed by atoms with van der Waals surface area (Å²) in [5.41, 5.74) is 1.17. The van der Waals surface area contributed by atoms with E-state index < -0.39 is 5.82 Å². The van der Waals surface area contributed by atoms with Gasteiger partial charge >= 0.3 is 0 Å². The highest BCUT2D eigenvalue weighted by Crippen LogP contribution is 2.18. The van der Waals surface area contributed by atoms with Gasteiger partial charge in [-0.05, 0) is 35.8 Å². The number of carbonyl (C=O) groups is 1. The standard InChI is InChI=1S/C11H11FO2/c1-2-8(7-13)5-9-3-4-11(14)10(12)6-9/h3-7,14H,2H2,1H3/b8-5-. The summed E-state index contributed by atoms with van der Waals surface area (Å²) in [6.45, 7) is 1.84. The number of hydrogen-bond acceptors (Lipinski definition) is 2. The average Bonchev–Trinajstić information content (AvgIpc) is 2.19. The molecule has 2 nitrogen and oxygen atoms in total. The number of carbonyl (C=O) groups excluding carboxylic acids is 1. The molecule has 0 fully saturated rings. The Hall–Kier alpha value is -1.64. The summed E-state index contributed by atoms with van der Waals surface area (Å²) < 4.78 is 12.9. The van der Waals surface area contributed by atoms with Crippen LogP contribution in [0.15, 0.2) is 23.8 Å².